The first-order chi connectivity index (χ1) is 13.5. The summed E-state index contributed by atoms with van der Waals surface area (Å²) < 4.78 is 5.56. The Balaban J connectivity index is 1.57. The number of halogens is 1. The highest BCUT2D eigenvalue weighted by atomic mass is 35.5. The standard InChI is InChI=1S/C20H28ClN5O2/c21-14-2-4-16(5-3-14)25-19(22)18(20(23)27)12-24-15-6-8-17(9-7-15)26-10-1-11-28-13-26/h2-5,12,15,17,24H,1,6-11,13H2,(H2,22,25)(H2,23,27)/b18-12+. The van der Waals surface area contributed by atoms with E-state index in [1.807, 2.05) is 0 Å². The number of nitrogens with one attached hydrogen (secondary N) is 1. The highest BCUT2D eigenvalue weighted by molar-refractivity contribution is 6.30. The van der Waals surface area contributed by atoms with Gasteiger partial charge in [-0.1, -0.05) is 11.6 Å². The highest BCUT2D eigenvalue weighted by Crippen LogP contribution is 2.24. The zero-order valence-electron chi connectivity index (χ0n) is 15.9. The Morgan fingerprint density at radius 1 is 1.21 bits per heavy atom. The van der Waals surface area contributed by atoms with Crippen LogP contribution in [0.3, 0.4) is 0 Å². The number of carbonyl (C=O) groups excluding carboxylic acids is 1. The number of amides is 1. The molecule has 0 radical (unpaired) electrons. The minimum Gasteiger partial charge on any atom is -0.387 e. The number of amidine groups is 1. The molecule has 2 aliphatic rings. The molecule has 7 nitrogen and oxygen atoms in total. The van der Waals surface area contributed by atoms with Crippen molar-refractivity contribution in [3.8, 4) is 0 Å². The van der Waals surface area contributed by atoms with Crippen LogP contribution < -0.4 is 16.8 Å². The van der Waals surface area contributed by atoms with Crippen molar-refractivity contribution in [3.63, 3.8) is 0 Å². The van der Waals surface area contributed by atoms with Gasteiger partial charge >= 0.3 is 0 Å². The maximum absolute atomic E-state index is 11.8. The monoisotopic (exact) mass is 405 g/mol. The molecule has 0 aromatic heterocycles. The zero-order valence-corrected chi connectivity index (χ0v) is 16.7. The summed E-state index contributed by atoms with van der Waals surface area (Å²) >= 11 is 5.87. The molecule has 5 N–H and O–H groups in total. The molecule has 0 bridgehead atoms. The molecule has 0 unspecified atom stereocenters. The number of benzene rings is 1. The summed E-state index contributed by atoms with van der Waals surface area (Å²) in [6, 6.07) is 7.75. The highest BCUT2D eigenvalue weighted by Gasteiger charge is 2.26. The van der Waals surface area contributed by atoms with Gasteiger partial charge in [-0.25, -0.2) is 4.99 Å². The van der Waals surface area contributed by atoms with Crippen LogP contribution in [-0.2, 0) is 9.53 Å². The summed E-state index contributed by atoms with van der Waals surface area (Å²) in [5.41, 5.74) is 12.3. The predicted molar refractivity (Wildman–Crippen MR) is 111 cm³/mol. The molecule has 0 spiro atoms. The lowest BCUT2D eigenvalue weighted by molar-refractivity contribution is -0.114. The Bertz CT molecular complexity index is 721. The molecule has 1 saturated heterocycles. The Labute approximate surface area is 170 Å². The van der Waals surface area contributed by atoms with Gasteiger partial charge < -0.3 is 21.5 Å². The Kier molecular flexibility index (Phi) is 7.30. The molecular weight excluding hydrogens is 378 g/mol. The van der Waals surface area contributed by atoms with Gasteiger partial charge in [0.15, 0.2) is 0 Å². The Morgan fingerprint density at radius 2 is 1.93 bits per heavy atom. The smallest absolute Gasteiger partial charge is 0.253 e. The number of ether oxygens (including phenoxy) is 1. The van der Waals surface area contributed by atoms with Crippen molar-refractivity contribution in [2.75, 3.05) is 19.9 Å². The van der Waals surface area contributed by atoms with Crippen molar-refractivity contribution in [2.45, 2.75) is 44.2 Å². The molecule has 152 valence electrons. The van der Waals surface area contributed by atoms with E-state index in [2.05, 4.69) is 15.2 Å². The van der Waals surface area contributed by atoms with Crippen molar-refractivity contribution in [1.29, 1.82) is 0 Å². The number of aliphatic imine (C=N–C) groups is 1. The second kappa shape index (κ2) is 9.91. The normalized spacial score (nSPS) is 24.8. The third kappa shape index (κ3) is 5.70. The number of nitrogens with two attached hydrogens (primary N) is 2. The first-order valence-electron chi connectivity index (χ1n) is 9.71. The molecule has 28 heavy (non-hydrogen) atoms. The molecule has 1 heterocycles. The molecule has 1 saturated carbocycles. The molecule has 1 amide bonds. The first-order valence-corrected chi connectivity index (χ1v) is 10.1. The lowest BCUT2D eigenvalue weighted by Gasteiger charge is -2.38. The van der Waals surface area contributed by atoms with Crippen LogP contribution in [0.2, 0.25) is 5.02 Å². The molecule has 1 aromatic carbocycles. The second-order valence-electron chi connectivity index (χ2n) is 7.27. The summed E-state index contributed by atoms with van der Waals surface area (Å²) in [6.45, 7) is 2.73. The maximum atomic E-state index is 11.8. The average molecular weight is 406 g/mol. The van der Waals surface area contributed by atoms with Crippen LogP contribution in [0.5, 0.6) is 0 Å². The fourth-order valence-corrected chi connectivity index (χ4v) is 3.83. The quantitative estimate of drug-likeness (QED) is 0.382. The zero-order chi connectivity index (χ0) is 19.9. The van der Waals surface area contributed by atoms with Gasteiger partial charge in [-0.2, -0.15) is 0 Å². The average Bonchev–Trinajstić information content (AvgIpc) is 2.71. The molecule has 1 aromatic rings. The van der Waals surface area contributed by atoms with Gasteiger partial charge in [0, 0.05) is 36.5 Å². The summed E-state index contributed by atoms with van der Waals surface area (Å²) in [5, 5.41) is 3.92. The van der Waals surface area contributed by atoms with Crippen molar-refractivity contribution in [3.05, 3.63) is 41.1 Å². The number of hydrogen-bond acceptors (Lipinski definition) is 5. The Morgan fingerprint density at radius 3 is 2.54 bits per heavy atom. The van der Waals surface area contributed by atoms with E-state index in [1.165, 1.54) is 0 Å². The van der Waals surface area contributed by atoms with E-state index >= 15 is 0 Å². The van der Waals surface area contributed by atoms with E-state index in [0.717, 1.165) is 52.0 Å². The van der Waals surface area contributed by atoms with E-state index in [4.69, 9.17) is 27.8 Å². The minimum absolute atomic E-state index is 0.0847. The summed E-state index contributed by atoms with van der Waals surface area (Å²) in [5.74, 6) is -0.525. The number of carbonyl (C=O) groups is 1. The SMILES string of the molecule is NC(=O)/C(=C/NC1CCC(N2CCCOC2)CC1)C(N)=Nc1ccc(Cl)cc1. The van der Waals surface area contributed by atoms with Crippen LogP contribution in [0.1, 0.15) is 32.1 Å². The molecular formula is C20H28ClN5O2. The molecule has 1 aliphatic heterocycles. The maximum Gasteiger partial charge on any atom is 0.253 e. The van der Waals surface area contributed by atoms with E-state index in [9.17, 15) is 4.79 Å². The van der Waals surface area contributed by atoms with Crippen LogP contribution in [0.25, 0.3) is 0 Å². The van der Waals surface area contributed by atoms with Crippen molar-refractivity contribution < 1.29 is 9.53 Å². The van der Waals surface area contributed by atoms with Crippen LogP contribution in [-0.4, -0.2) is 48.6 Å². The number of hydrogen-bond donors (Lipinski definition) is 3. The lowest BCUT2D eigenvalue weighted by Crippen LogP contribution is -2.45. The fourth-order valence-electron chi connectivity index (χ4n) is 3.70. The van der Waals surface area contributed by atoms with Gasteiger partial charge in [0.2, 0.25) is 0 Å². The number of primary amides is 1. The summed E-state index contributed by atoms with van der Waals surface area (Å²) in [4.78, 5) is 18.5. The van der Waals surface area contributed by atoms with Gasteiger partial charge in [0.25, 0.3) is 5.91 Å². The molecule has 3 rings (SSSR count). The summed E-state index contributed by atoms with van der Waals surface area (Å²) in [7, 11) is 0. The van der Waals surface area contributed by atoms with Crippen LogP contribution in [0.4, 0.5) is 5.69 Å². The summed E-state index contributed by atoms with van der Waals surface area (Å²) in [6.07, 6.45) is 6.97. The second-order valence-corrected chi connectivity index (χ2v) is 7.71. The van der Waals surface area contributed by atoms with Gasteiger partial charge in [-0.3, -0.25) is 9.69 Å². The van der Waals surface area contributed by atoms with Crippen molar-refractivity contribution in [2.24, 2.45) is 16.5 Å². The molecule has 8 heteroatoms. The predicted octanol–water partition coefficient (Wildman–Crippen LogP) is 2.28. The Hall–Kier alpha value is -2.09. The van der Waals surface area contributed by atoms with Crippen molar-refractivity contribution in [1.82, 2.24) is 10.2 Å². The molecule has 1 aliphatic carbocycles. The van der Waals surface area contributed by atoms with Crippen LogP contribution >= 0.6 is 11.6 Å². The fraction of sp³-hybridized carbons (Fsp3) is 0.500. The lowest BCUT2D eigenvalue weighted by atomic mass is 9.90. The van der Waals surface area contributed by atoms with E-state index in [1.54, 1.807) is 30.5 Å². The van der Waals surface area contributed by atoms with Gasteiger partial charge in [-0.15, -0.1) is 0 Å². The third-order valence-electron chi connectivity index (χ3n) is 5.29. The molecule has 0 atom stereocenters. The minimum atomic E-state index is -0.609. The third-order valence-corrected chi connectivity index (χ3v) is 5.54. The largest absolute Gasteiger partial charge is 0.387 e. The van der Waals surface area contributed by atoms with Crippen LogP contribution in [0, 0.1) is 0 Å². The van der Waals surface area contributed by atoms with E-state index in [0.29, 0.717) is 22.8 Å². The van der Waals surface area contributed by atoms with Gasteiger partial charge in [0.1, 0.15) is 5.84 Å². The van der Waals surface area contributed by atoms with E-state index in [-0.39, 0.29) is 11.4 Å². The van der Waals surface area contributed by atoms with Gasteiger partial charge in [0.05, 0.1) is 18.0 Å². The number of rotatable bonds is 6. The van der Waals surface area contributed by atoms with Gasteiger partial charge in [-0.05, 0) is 56.4 Å². The first kappa shape index (κ1) is 20.6. The topological polar surface area (TPSA) is 106 Å². The van der Waals surface area contributed by atoms with Crippen molar-refractivity contribution >= 4 is 29.0 Å². The van der Waals surface area contributed by atoms with Crippen LogP contribution in [0.15, 0.2) is 41.0 Å². The molecule has 2 fully saturated rings. The van der Waals surface area contributed by atoms with E-state index < -0.39 is 5.91 Å². The number of nitrogens with zero attached hydrogens (tertiary/aromatic N) is 2.